The Hall–Kier alpha value is -1.07. The second-order valence-corrected chi connectivity index (χ2v) is 4.44. The van der Waals surface area contributed by atoms with E-state index in [2.05, 4.69) is 15.9 Å². The number of amides is 1. The van der Waals surface area contributed by atoms with Gasteiger partial charge in [0, 0.05) is 5.56 Å². The van der Waals surface area contributed by atoms with E-state index in [-0.39, 0.29) is 11.9 Å². The summed E-state index contributed by atoms with van der Waals surface area (Å²) >= 11 is 3.43. The smallest absolute Gasteiger partial charge is 0.272 e. The van der Waals surface area contributed by atoms with E-state index in [1.807, 2.05) is 30.4 Å². The van der Waals surface area contributed by atoms with Crippen LogP contribution in [-0.2, 0) is 4.79 Å². The summed E-state index contributed by atoms with van der Waals surface area (Å²) in [6.07, 6.45) is 0. The van der Waals surface area contributed by atoms with E-state index < -0.39 is 0 Å². The van der Waals surface area contributed by atoms with Gasteiger partial charge >= 0.3 is 0 Å². The fourth-order valence-corrected chi connectivity index (χ4v) is 1.95. The van der Waals surface area contributed by atoms with Gasteiger partial charge in [-0.1, -0.05) is 0 Å². The fourth-order valence-electron chi connectivity index (χ4n) is 1.39. The zero-order chi connectivity index (χ0) is 12.1. The average Bonchev–Trinajstić information content (AvgIpc) is 2.25. The number of benzene rings is 1. The molecule has 0 aliphatic carbocycles. The van der Waals surface area contributed by atoms with Crippen molar-refractivity contribution in [3.05, 3.63) is 28.2 Å². The van der Waals surface area contributed by atoms with Crippen LogP contribution in [0.1, 0.15) is 18.5 Å². The zero-order valence-corrected chi connectivity index (χ0v) is 11.0. The fraction of sp³-hybridized carbons (Fsp3) is 0.364. The second-order valence-electron chi connectivity index (χ2n) is 3.59. The maximum absolute atomic E-state index is 10.7. The van der Waals surface area contributed by atoms with Crippen LogP contribution in [0.2, 0.25) is 0 Å². The molecule has 0 spiro atoms. The molecule has 0 aliphatic rings. The van der Waals surface area contributed by atoms with Crippen LogP contribution in [0, 0.1) is 0 Å². The molecule has 0 saturated heterocycles. The number of hydrogen-bond acceptors (Lipinski definition) is 2. The lowest BCUT2D eigenvalue weighted by atomic mass is 10.1. The molecule has 0 saturated carbocycles. The lowest BCUT2D eigenvalue weighted by Gasteiger charge is -2.11. The number of carbonyl (C=O) groups excluding carboxylic acids is 1. The predicted octanol–water partition coefficient (Wildman–Crippen LogP) is 0.567. The Morgan fingerprint density at radius 3 is 2.81 bits per heavy atom. The average molecular weight is 288 g/mol. The third-order valence-corrected chi connectivity index (χ3v) is 2.99. The number of rotatable bonds is 5. The normalized spacial score (nSPS) is 12.2. The predicted molar refractivity (Wildman–Crippen MR) is 65.1 cm³/mol. The standard InChI is InChI=1S/C11H15BrN2O2/c1-7(14-6-11(13)15)8-3-4-10(16-2)9(12)5-8/h3-5,7,14H,6H2,1-2H3,(H2,13,15)/p+1/t7-/m0/s1. The van der Waals surface area contributed by atoms with Crippen molar-refractivity contribution in [1.29, 1.82) is 0 Å². The molecule has 0 fully saturated rings. The van der Waals surface area contributed by atoms with Gasteiger partial charge < -0.3 is 15.8 Å². The van der Waals surface area contributed by atoms with Crippen LogP contribution < -0.4 is 15.8 Å². The molecule has 4 nitrogen and oxygen atoms in total. The summed E-state index contributed by atoms with van der Waals surface area (Å²) in [7, 11) is 1.63. The summed E-state index contributed by atoms with van der Waals surface area (Å²) in [5.41, 5.74) is 6.21. The van der Waals surface area contributed by atoms with Crippen LogP contribution in [-0.4, -0.2) is 19.6 Å². The molecule has 4 N–H and O–H groups in total. The SMILES string of the molecule is COc1ccc([C@H](C)[NH2+]CC(N)=O)cc1Br. The van der Waals surface area contributed by atoms with Crippen LogP contribution >= 0.6 is 15.9 Å². The third-order valence-electron chi connectivity index (χ3n) is 2.37. The lowest BCUT2D eigenvalue weighted by molar-refractivity contribution is -0.682. The van der Waals surface area contributed by atoms with Gasteiger partial charge in [-0.05, 0) is 41.1 Å². The maximum atomic E-state index is 10.7. The number of methoxy groups -OCH3 is 1. The van der Waals surface area contributed by atoms with Gasteiger partial charge in [0.1, 0.15) is 11.8 Å². The number of ether oxygens (including phenoxy) is 1. The molecule has 1 rings (SSSR count). The van der Waals surface area contributed by atoms with E-state index >= 15 is 0 Å². The molecule has 0 heterocycles. The topological polar surface area (TPSA) is 68.9 Å². The molecule has 0 bridgehead atoms. The van der Waals surface area contributed by atoms with Crippen molar-refractivity contribution in [2.75, 3.05) is 13.7 Å². The zero-order valence-electron chi connectivity index (χ0n) is 9.37. The highest BCUT2D eigenvalue weighted by Crippen LogP contribution is 2.26. The van der Waals surface area contributed by atoms with E-state index in [0.29, 0.717) is 6.54 Å². The van der Waals surface area contributed by atoms with Crippen LogP contribution in [0.5, 0.6) is 5.75 Å². The molecule has 1 aromatic carbocycles. The van der Waals surface area contributed by atoms with Crippen molar-refractivity contribution in [3.63, 3.8) is 0 Å². The molecule has 1 amide bonds. The molecule has 5 heteroatoms. The molecule has 0 aliphatic heterocycles. The van der Waals surface area contributed by atoms with Gasteiger partial charge in [0.2, 0.25) is 0 Å². The summed E-state index contributed by atoms with van der Waals surface area (Å²) < 4.78 is 6.06. The first kappa shape index (κ1) is 13.0. The molecular formula is C11H16BrN2O2+. The van der Waals surface area contributed by atoms with E-state index in [4.69, 9.17) is 10.5 Å². The Morgan fingerprint density at radius 1 is 1.62 bits per heavy atom. The molecule has 1 atom stereocenters. The molecule has 0 unspecified atom stereocenters. The third kappa shape index (κ3) is 3.50. The van der Waals surface area contributed by atoms with Gasteiger partial charge in [-0.3, -0.25) is 4.79 Å². The first-order chi connectivity index (χ1) is 7.54. The van der Waals surface area contributed by atoms with Crippen LogP contribution in [0.3, 0.4) is 0 Å². The lowest BCUT2D eigenvalue weighted by Crippen LogP contribution is -2.86. The number of primary amides is 1. The first-order valence-electron chi connectivity index (χ1n) is 4.99. The summed E-state index contributed by atoms with van der Waals surface area (Å²) in [6.45, 7) is 2.32. The second kappa shape index (κ2) is 5.86. The van der Waals surface area contributed by atoms with Crippen molar-refractivity contribution in [3.8, 4) is 5.75 Å². The van der Waals surface area contributed by atoms with Crippen molar-refractivity contribution >= 4 is 21.8 Å². The highest BCUT2D eigenvalue weighted by Gasteiger charge is 2.11. The van der Waals surface area contributed by atoms with Gasteiger partial charge in [-0.2, -0.15) is 0 Å². The number of quaternary nitrogens is 1. The number of nitrogens with two attached hydrogens (primary N) is 2. The number of hydrogen-bond donors (Lipinski definition) is 2. The molecular weight excluding hydrogens is 272 g/mol. The monoisotopic (exact) mass is 287 g/mol. The Balaban J connectivity index is 2.72. The highest BCUT2D eigenvalue weighted by molar-refractivity contribution is 9.10. The van der Waals surface area contributed by atoms with Crippen molar-refractivity contribution in [1.82, 2.24) is 0 Å². The van der Waals surface area contributed by atoms with E-state index in [0.717, 1.165) is 15.8 Å². The van der Waals surface area contributed by atoms with Gasteiger partial charge in [0.25, 0.3) is 5.91 Å². The van der Waals surface area contributed by atoms with Crippen molar-refractivity contribution in [2.45, 2.75) is 13.0 Å². The molecule has 88 valence electrons. The minimum absolute atomic E-state index is 0.190. The number of halogens is 1. The van der Waals surface area contributed by atoms with E-state index in [1.54, 1.807) is 7.11 Å². The minimum Gasteiger partial charge on any atom is -0.496 e. The highest BCUT2D eigenvalue weighted by atomic mass is 79.9. The van der Waals surface area contributed by atoms with E-state index in [1.165, 1.54) is 0 Å². The Bertz CT molecular complexity index is 382. The first-order valence-corrected chi connectivity index (χ1v) is 5.79. The van der Waals surface area contributed by atoms with Crippen molar-refractivity contribution in [2.24, 2.45) is 5.73 Å². The summed E-state index contributed by atoms with van der Waals surface area (Å²) in [6, 6.07) is 6.05. The summed E-state index contributed by atoms with van der Waals surface area (Å²) in [5, 5.41) is 1.90. The minimum atomic E-state index is -0.306. The molecule has 0 radical (unpaired) electrons. The van der Waals surface area contributed by atoms with Gasteiger partial charge in [0.05, 0.1) is 11.6 Å². The van der Waals surface area contributed by atoms with Crippen LogP contribution in [0.4, 0.5) is 0 Å². The van der Waals surface area contributed by atoms with Gasteiger partial charge in [0.15, 0.2) is 6.54 Å². The van der Waals surface area contributed by atoms with Crippen LogP contribution in [0.15, 0.2) is 22.7 Å². The van der Waals surface area contributed by atoms with E-state index in [9.17, 15) is 4.79 Å². The quantitative estimate of drug-likeness (QED) is 0.831. The van der Waals surface area contributed by atoms with Crippen LogP contribution in [0.25, 0.3) is 0 Å². The Morgan fingerprint density at radius 2 is 2.31 bits per heavy atom. The maximum Gasteiger partial charge on any atom is 0.272 e. The summed E-state index contributed by atoms with van der Waals surface area (Å²) in [4.78, 5) is 10.7. The Labute approximate surface area is 103 Å². The Kier molecular flexibility index (Phi) is 4.76. The largest absolute Gasteiger partial charge is 0.496 e. The molecule has 1 aromatic rings. The number of carbonyl (C=O) groups is 1. The van der Waals surface area contributed by atoms with Gasteiger partial charge in [-0.15, -0.1) is 0 Å². The summed E-state index contributed by atoms with van der Waals surface area (Å²) in [5.74, 6) is 0.491. The molecule has 0 aromatic heterocycles. The van der Waals surface area contributed by atoms with Gasteiger partial charge in [-0.25, -0.2) is 0 Å². The molecule has 16 heavy (non-hydrogen) atoms. The van der Waals surface area contributed by atoms with Crippen molar-refractivity contribution < 1.29 is 14.8 Å².